The van der Waals surface area contributed by atoms with Gasteiger partial charge in [0, 0.05) is 12.0 Å². The van der Waals surface area contributed by atoms with E-state index in [-0.39, 0.29) is 6.42 Å². The SMILES string of the molecule is COc1ccccc1C(C#N)N(C(=O)OC(C)(C)C)[C@@H](Cc1ccccc1)C(N)=O. The fourth-order valence-electron chi connectivity index (χ4n) is 3.07. The average molecular weight is 409 g/mol. The van der Waals surface area contributed by atoms with E-state index in [0.29, 0.717) is 11.3 Å². The minimum atomic E-state index is -1.14. The topological polar surface area (TPSA) is 106 Å². The highest BCUT2D eigenvalue weighted by Crippen LogP contribution is 2.32. The lowest BCUT2D eigenvalue weighted by Gasteiger charge is -2.35. The molecule has 0 aliphatic heterocycles. The Kier molecular flexibility index (Phi) is 7.43. The zero-order valence-corrected chi connectivity index (χ0v) is 17.7. The molecule has 0 saturated heterocycles. The van der Waals surface area contributed by atoms with Crippen LogP contribution in [-0.2, 0) is 16.0 Å². The van der Waals surface area contributed by atoms with Crippen LogP contribution in [0.5, 0.6) is 5.75 Å². The molecule has 0 aliphatic rings. The second kappa shape index (κ2) is 9.79. The van der Waals surface area contributed by atoms with Gasteiger partial charge in [0.1, 0.15) is 17.4 Å². The highest BCUT2D eigenvalue weighted by Gasteiger charge is 2.39. The van der Waals surface area contributed by atoms with Crippen LogP contribution in [0.15, 0.2) is 54.6 Å². The van der Waals surface area contributed by atoms with Gasteiger partial charge >= 0.3 is 6.09 Å². The van der Waals surface area contributed by atoms with Crippen LogP contribution in [0.1, 0.15) is 37.9 Å². The molecule has 2 N–H and O–H groups in total. The number of para-hydroxylation sites is 1. The standard InChI is InChI=1S/C23H27N3O4/c1-23(2,3)30-22(28)26(18(21(25)27)14-16-10-6-5-7-11-16)19(15-24)17-12-8-9-13-20(17)29-4/h5-13,18-19H,14H2,1-4H3,(H2,25,27)/t18-,19?/m0/s1. The first-order valence-electron chi connectivity index (χ1n) is 9.55. The number of methoxy groups -OCH3 is 1. The minimum absolute atomic E-state index is 0.142. The molecular formula is C23H27N3O4. The van der Waals surface area contributed by atoms with Gasteiger partial charge in [0.2, 0.25) is 5.91 Å². The maximum absolute atomic E-state index is 13.2. The van der Waals surface area contributed by atoms with E-state index in [2.05, 4.69) is 6.07 Å². The Bertz CT molecular complexity index is 916. The van der Waals surface area contributed by atoms with Crippen molar-refractivity contribution in [3.63, 3.8) is 0 Å². The van der Waals surface area contributed by atoms with Crippen molar-refractivity contribution in [3.8, 4) is 11.8 Å². The molecule has 1 unspecified atom stereocenters. The highest BCUT2D eigenvalue weighted by atomic mass is 16.6. The van der Waals surface area contributed by atoms with E-state index in [0.717, 1.165) is 10.5 Å². The fraction of sp³-hybridized carbons (Fsp3) is 0.348. The number of carbonyl (C=O) groups is 2. The summed E-state index contributed by atoms with van der Waals surface area (Å²) in [6.07, 6.45) is -0.664. The molecule has 0 fully saturated rings. The van der Waals surface area contributed by atoms with Gasteiger partial charge in [-0.1, -0.05) is 48.5 Å². The number of amides is 2. The van der Waals surface area contributed by atoms with Crippen LogP contribution in [0.3, 0.4) is 0 Å². The van der Waals surface area contributed by atoms with E-state index in [1.54, 1.807) is 45.0 Å². The second-order valence-electron chi connectivity index (χ2n) is 7.77. The van der Waals surface area contributed by atoms with Crippen LogP contribution in [0, 0.1) is 11.3 Å². The molecular weight excluding hydrogens is 382 g/mol. The third-order valence-corrected chi connectivity index (χ3v) is 4.37. The Morgan fingerprint density at radius 1 is 1.10 bits per heavy atom. The quantitative estimate of drug-likeness (QED) is 0.752. The first-order chi connectivity index (χ1) is 14.2. The summed E-state index contributed by atoms with van der Waals surface area (Å²) in [5.74, 6) is -0.319. The monoisotopic (exact) mass is 409 g/mol. The van der Waals surface area contributed by atoms with Crippen molar-refractivity contribution in [1.29, 1.82) is 5.26 Å². The van der Waals surface area contributed by atoms with Crippen LogP contribution in [0.25, 0.3) is 0 Å². The molecule has 2 rings (SSSR count). The molecule has 0 spiro atoms. The second-order valence-corrected chi connectivity index (χ2v) is 7.77. The van der Waals surface area contributed by atoms with Gasteiger partial charge in [0.05, 0.1) is 13.2 Å². The Morgan fingerprint density at radius 3 is 2.23 bits per heavy atom. The van der Waals surface area contributed by atoms with Gasteiger partial charge in [-0.25, -0.2) is 4.79 Å². The van der Waals surface area contributed by atoms with Gasteiger partial charge in [-0.2, -0.15) is 5.26 Å². The molecule has 158 valence electrons. The van der Waals surface area contributed by atoms with Crippen LogP contribution in [0.2, 0.25) is 0 Å². The minimum Gasteiger partial charge on any atom is -0.496 e. The molecule has 0 bridgehead atoms. The van der Waals surface area contributed by atoms with Crippen molar-refractivity contribution in [1.82, 2.24) is 4.90 Å². The molecule has 2 atom stereocenters. The maximum atomic E-state index is 13.2. The maximum Gasteiger partial charge on any atom is 0.412 e. The zero-order chi connectivity index (χ0) is 22.3. The van der Waals surface area contributed by atoms with Crippen LogP contribution >= 0.6 is 0 Å². The molecule has 7 nitrogen and oxygen atoms in total. The number of rotatable bonds is 7. The van der Waals surface area contributed by atoms with E-state index < -0.39 is 29.7 Å². The molecule has 30 heavy (non-hydrogen) atoms. The summed E-state index contributed by atoms with van der Waals surface area (Å²) in [5, 5.41) is 10.0. The van der Waals surface area contributed by atoms with Crippen LogP contribution < -0.4 is 10.5 Å². The summed E-state index contributed by atoms with van der Waals surface area (Å²) in [7, 11) is 1.47. The van der Waals surface area contributed by atoms with Gasteiger partial charge in [-0.3, -0.25) is 9.69 Å². The molecule has 0 saturated carbocycles. The van der Waals surface area contributed by atoms with Crippen LogP contribution in [-0.4, -0.2) is 35.7 Å². The molecule has 7 heteroatoms. The predicted molar refractivity (Wildman–Crippen MR) is 113 cm³/mol. The van der Waals surface area contributed by atoms with E-state index >= 15 is 0 Å². The van der Waals surface area contributed by atoms with E-state index in [9.17, 15) is 14.9 Å². The summed E-state index contributed by atoms with van der Waals surface area (Å²) in [4.78, 5) is 26.7. The highest BCUT2D eigenvalue weighted by molar-refractivity contribution is 5.85. The van der Waals surface area contributed by atoms with Crippen molar-refractivity contribution >= 4 is 12.0 Å². The Hall–Kier alpha value is -3.53. The first-order valence-corrected chi connectivity index (χ1v) is 9.55. The van der Waals surface area contributed by atoms with Gasteiger partial charge in [-0.05, 0) is 32.4 Å². The number of hydrogen-bond donors (Lipinski definition) is 1. The molecule has 2 aromatic rings. The molecule has 2 amide bonds. The summed E-state index contributed by atoms with van der Waals surface area (Å²) in [6.45, 7) is 5.14. The Morgan fingerprint density at radius 2 is 1.70 bits per heavy atom. The summed E-state index contributed by atoms with van der Waals surface area (Å²) in [6, 6.07) is 15.9. The lowest BCUT2D eigenvalue weighted by Crippen LogP contribution is -2.52. The normalized spacial score (nSPS) is 12.9. The number of carbonyl (C=O) groups excluding carboxylic acids is 2. The van der Waals surface area contributed by atoms with Gasteiger partial charge < -0.3 is 15.2 Å². The van der Waals surface area contributed by atoms with Gasteiger partial charge in [-0.15, -0.1) is 0 Å². The molecule has 0 radical (unpaired) electrons. The zero-order valence-electron chi connectivity index (χ0n) is 17.7. The van der Waals surface area contributed by atoms with Gasteiger partial charge in [0.25, 0.3) is 0 Å². The summed E-state index contributed by atoms with van der Waals surface area (Å²) >= 11 is 0. The van der Waals surface area contributed by atoms with Crippen molar-refractivity contribution in [3.05, 3.63) is 65.7 Å². The number of primary amides is 1. The van der Waals surface area contributed by atoms with Crippen molar-refractivity contribution in [2.24, 2.45) is 5.73 Å². The van der Waals surface area contributed by atoms with E-state index in [1.807, 2.05) is 30.3 Å². The Balaban J connectivity index is 2.57. The number of hydrogen-bond acceptors (Lipinski definition) is 5. The smallest absolute Gasteiger partial charge is 0.412 e. The predicted octanol–water partition coefficient (Wildman–Crippen LogP) is 3.59. The lowest BCUT2D eigenvalue weighted by atomic mass is 9.99. The summed E-state index contributed by atoms with van der Waals surface area (Å²) in [5.41, 5.74) is 6.11. The third kappa shape index (κ3) is 5.74. The first kappa shape index (κ1) is 22.8. The average Bonchev–Trinajstić information content (AvgIpc) is 2.70. The molecule has 0 aliphatic carbocycles. The number of ether oxygens (including phenoxy) is 2. The van der Waals surface area contributed by atoms with E-state index in [4.69, 9.17) is 15.2 Å². The molecule has 2 aromatic carbocycles. The molecule has 0 aromatic heterocycles. The third-order valence-electron chi connectivity index (χ3n) is 4.37. The van der Waals surface area contributed by atoms with Crippen molar-refractivity contribution in [2.45, 2.75) is 44.9 Å². The largest absolute Gasteiger partial charge is 0.496 e. The van der Waals surface area contributed by atoms with Gasteiger partial charge in [0.15, 0.2) is 6.04 Å². The summed E-state index contributed by atoms with van der Waals surface area (Å²) < 4.78 is 10.9. The van der Waals surface area contributed by atoms with Crippen LogP contribution in [0.4, 0.5) is 4.79 Å². The lowest BCUT2D eigenvalue weighted by molar-refractivity contribution is -0.123. The molecule has 0 heterocycles. The Labute approximate surface area is 177 Å². The van der Waals surface area contributed by atoms with E-state index in [1.165, 1.54) is 7.11 Å². The van der Waals surface area contributed by atoms with Crippen molar-refractivity contribution in [2.75, 3.05) is 7.11 Å². The van der Waals surface area contributed by atoms with Crippen molar-refractivity contribution < 1.29 is 19.1 Å². The number of nitrogens with two attached hydrogens (primary N) is 1. The number of nitrogens with zero attached hydrogens (tertiary/aromatic N) is 2. The fourth-order valence-corrected chi connectivity index (χ4v) is 3.07. The number of nitriles is 1. The number of benzene rings is 2.